The van der Waals surface area contributed by atoms with Crippen molar-refractivity contribution in [1.29, 1.82) is 0 Å². The van der Waals surface area contributed by atoms with Crippen LogP contribution in [0, 0.1) is 21.4 Å². The summed E-state index contributed by atoms with van der Waals surface area (Å²) in [4.78, 5) is 23.4. The Morgan fingerprint density at radius 3 is 1.46 bits per heavy atom. The van der Waals surface area contributed by atoms with Crippen molar-refractivity contribution >= 4 is 31.1 Å². The molecular formula is C48H49NO6Si. The molecule has 0 heterocycles. The molecule has 0 spiro atoms. The molecule has 0 amide bonds. The molecule has 6 aromatic carbocycles. The molecule has 0 aliphatic heterocycles. The summed E-state index contributed by atoms with van der Waals surface area (Å²) in [6.45, 7) is 6.93. The van der Waals surface area contributed by atoms with E-state index in [0.29, 0.717) is 6.42 Å². The standard InChI is InChI=1S/C48H49NO6Si/c1-47(2,3)44(31-19-20-36-53-45(50)37-32-34-41(35-33-37)49(51)52)46(55-56(42-27-15-7-16-28-42)43-29-17-8-18-30-43)54-48(38-21-9-4-10-22-38,39-23-11-5-12-24-39)40-25-13-6-14-26-40/h4-18,21-30,32-35,44,46,56H,19-20,31,36H2,1-3H3/t44-,46?/m1/s1. The first-order valence-corrected chi connectivity index (χ1v) is 20.8. The van der Waals surface area contributed by atoms with E-state index in [1.54, 1.807) is 0 Å². The highest BCUT2D eigenvalue weighted by atomic mass is 28.3. The summed E-state index contributed by atoms with van der Waals surface area (Å²) in [5.41, 5.74) is 1.90. The molecule has 286 valence electrons. The molecule has 0 saturated carbocycles. The van der Waals surface area contributed by atoms with Gasteiger partial charge in [0.05, 0.1) is 17.1 Å². The molecule has 56 heavy (non-hydrogen) atoms. The lowest BCUT2D eigenvalue weighted by molar-refractivity contribution is -0.384. The van der Waals surface area contributed by atoms with Crippen molar-refractivity contribution in [2.45, 2.75) is 51.9 Å². The van der Waals surface area contributed by atoms with Crippen LogP contribution in [0.4, 0.5) is 5.69 Å². The fourth-order valence-corrected chi connectivity index (χ4v) is 9.61. The summed E-state index contributed by atoms with van der Waals surface area (Å²) >= 11 is 0. The van der Waals surface area contributed by atoms with E-state index in [2.05, 4.69) is 142 Å². The fraction of sp³-hybridized carbons (Fsp3) is 0.229. The average molecular weight is 764 g/mol. The number of unbranched alkanes of at least 4 members (excludes halogenated alkanes) is 1. The number of hydrogen-bond donors (Lipinski definition) is 0. The summed E-state index contributed by atoms with van der Waals surface area (Å²) in [6, 6.07) is 57.6. The van der Waals surface area contributed by atoms with Crippen molar-refractivity contribution in [3.63, 3.8) is 0 Å². The Morgan fingerprint density at radius 2 is 1.05 bits per heavy atom. The maximum Gasteiger partial charge on any atom is 0.338 e. The molecule has 0 radical (unpaired) electrons. The molecule has 0 aliphatic rings. The molecule has 6 rings (SSSR count). The van der Waals surface area contributed by atoms with Gasteiger partial charge in [0, 0.05) is 18.1 Å². The van der Waals surface area contributed by atoms with E-state index in [1.165, 1.54) is 24.3 Å². The molecule has 0 aliphatic carbocycles. The first kappa shape index (κ1) is 40.0. The zero-order valence-corrected chi connectivity index (χ0v) is 33.4. The van der Waals surface area contributed by atoms with Crippen LogP contribution >= 0.6 is 0 Å². The molecule has 0 fully saturated rings. The minimum absolute atomic E-state index is 0.0746. The second-order valence-electron chi connectivity index (χ2n) is 15.0. The number of hydrogen-bond acceptors (Lipinski definition) is 6. The number of nitro groups is 1. The fourth-order valence-electron chi connectivity index (χ4n) is 7.25. The zero-order chi connectivity index (χ0) is 39.4. The third kappa shape index (κ3) is 9.76. The van der Waals surface area contributed by atoms with E-state index in [4.69, 9.17) is 13.9 Å². The lowest BCUT2D eigenvalue weighted by Gasteiger charge is -2.45. The lowest BCUT2D eigenvalue weighted by Crippen LogP contribution is -2.53. The quantitative estimate of drug-likeness (QED) is 0.0175. The van der Waals surface area contributed by atoms with E-state index in [1.807, 2.05) is 30.3 Å². The maximum atomic E-state index is 12.8. The molecule has 8 heteroatoms. The molecule has 0 aromatic heterocycles. The van der Waals surface area contributed by atoms with Gasteiger partial charge in [-0.2, -0.15) is 0 Å². The van der Waals surface area contributed by atoms with Crippen LogP contribution in [-0.4, -0.2) is 32.8 Å². The Kier molecular flexibility index (Phi) is 13.4. The Bertz CT molecular complexity index is 1970. The Morgan fingerprint density at radius 1 is 0.625 bits per heavy atom. The van der Waals surface area contributed by atoms with Gasteiger partial charge in [-0.1, -0.05) is 172 Å². The number of carbonyl (C=O) groups excluding carboxylic acids is 1. The predicted octanol–water partition coefficient (Wildman–Crippen LogP) is 9.47. The molecule has 0 bridgehead atoms. The van der Waals surface area contributed by atoms with Gasteiger partial charge in [-0.05, 0) is 63.9 Å². The number of nitrogens with zero attached hydrogens (tertiary/aromatic N) is 1. The molecule has 2 atom stereocenters. The third-order valence-corrected chi connectivity index (χ3v) is 12.7. The van der Waals surface area contributed by atoms with Gasteiger partial charge in [-0.3, -0.25) is 10.1 Å². The van der Waals surface area contributed by atoms with Crippen molar-refractivity contribution in [1.82, 2.24) is 0 Å². The van der Waals surface area contributed by atoms with Crippen molar-refractivity contribution in [3.05, 3.63) is 208 Å². The van der Waals surface area contributed by atoms with Gasteiger partial charge >= 0.3 is 5.97 Å². The van der Waals surface area contributed by atoms with Gasteiger partial charge in [-0.15, -0.1) is 0 Å². The first-order valence-electron chi connectivity index (χ1n) is 19.2. The van der Waals surface area contributed by atoms with Crippen LogP contribution in [0.5, 0.6) is 0 Å². The SMILES string of the molecule is CC(C)(C)[C@H](CCCCOC(=O)c1ccc([N+](=O)[O-])cc1)C(O[SiH](c1ccccc1)c1ccccc1)OC(c1ccccc1)(c1ccccc1)c1ccccc1. The topological polar surface area (TPSA) is 87.9 Å². The molecule has 6 aromatic rings. The summed E-state index contributed by atoms with van der Waals surface area (Å²) in [6.07, 6.45) is 1.44. The zero-order valence-electron chi connectivity index (χ0n) is 32.2. The van der Waals surface area contributed by atoms with Crippen LogP contribution in [0.2, 0.25) is 0 Å². The number of esters is 1. The van der Waals surface area contributed by atoms with Crippen LogP contribution in [0.3, 0.4) is 0 Å². The van der Waals surface area contributed by atoms with Gasteiger partial charge in [0.1, 0.15) is 5.60 Å². The van der Waals surface area contributed by atoms with Crippen LogP contribution in [-0.2, 0) is 19.5 Å². The molecule has 1 unspecified atom stereocenters. The number of carbonyl (C=O) groups is 1. The van der Waals surface area contributed by atoms with Crippen molar-refractivity contribution in [2.75, 3.05) is 6.61 Å². The Labute approximate surface area is 331 Å². The second-order valence-corrected chi connectivity index (χ2v) is 17.4. The van der Waals surface area contributed by atoms with Crippen LogP contribution in [0.25, 0.3) is 0 Å². The predicted molar refractivity (Wildman–Crippen MR) is 225 cm³/mol. The largest absolute Gasteiger partial charge is 0.462 e. The number of ether oxygens (including phenoxy) is 2. The van der Waals surface area contributed by atoms with Gasteiger partial charge in [0.15, 0.2) is 6.29 Å². The highest BCUT2D eigenvalue weighted by Gasteiger charge is 2.45. The van der Waals surface area contributed by atoms with Gasteiger partial charge in [0.2, 0.25) is 9.04 Å². The third-order valence-electron chi connectivity index (χ3n) is 10.2. The van der Waals surface area contributed by atoms with Crippen molar-refractivity contribution in [3.8, 4) is 0 Å². The van der Waals surface area contributed by atoms with E-state index >= 15 is 0 Å². The van der Waals surface area contributed by atoms with Crippen LogP contribution < -0.4 is 10.4 Å². The normalized spacial score (nSPS) is 12.9. The van der Waals surface area contributed by atoms with Crippen molar-refractivity contribution in [2.24, 2.45) is 11.3 Å². The van der Waals surface area contributed by atoms with Crippen molar-refractivity contribution < 1.29 is 23.6 Å². The van der Waals surface area contributed by atoms with Crippen LogP contribution in [0.15, 0.2) is 176 Å². The summed E-state index contributed by atoms with van der Waals surface area (Å²) < 4.78 is 21.0. The number of rotatable bonds is 17. The number of non-ortho nitro benzene ring substituents is 1. The Balaban J connectivity index is 1.38. The Hall–Kier alpha value is -5.67. The minimum atomic E-state index is -2.35. The lowest BCUT2D eigenvalue weighted by atomic mass is 9.76. The highest BCUT2D eigenvalue weighted by Crippen LogP contribution is 2.45. The average Bonchev–Trinajstić information content (AvgIpc) is 3.23. The smallest absolute Gasteiger partial charge is 0.338 e. The highest BCUT2D eigenvalue weighted by molar-refractivity contribution is 6.80. The summed E-state index contributed by atoms with van der Waals surface area (Å²) in [5.74, 6) is -0.597. The molecule has 0 saturated heterocycles. The molecule has 0 N–H and O–H groups in total. The van der Waals surface area contributed by atoms with Gasteiger partial charge < -0.3 is 13.9 Å². The number of nitro benzene ring substituents is 1. The van der Waals surface area contributed by atoms with E-state index < -0.39 is 31.8 Å². The minimum Gasteiger partial charge on any atom is -0.462 e. The van der Waals surface area contributed by atoms with Gasteiger partial charge in [-0.25, -0.2) is 4.79 Å². The molecular weight excluding hydrogens is 715 g/mol. The van der Waals surface area contributed by atoms with Crippen LogP contribution in [0.1, 0.15) is 67.1 Å². The monoisotopic (exact) mass is 763 g/mol. The molecule has 7 nitrogen and oxygen atoms in total. The first-order chi connectivity index (χ1) is 27.2. The second kappa shape index (κ2) is 18.8. The van der Waals surface area contributed by atoms with E-state index in [-0.39, 0.29) is 29.2 Å². The number of benzene rings is 6. The van der Waals surface area contributed by atoms with E-state index in [9.17, 15) is 14.9 Å². The van der Waals surface area contributed by atoms with Gasteiger partial charge in [0.25, 0.3) is 5.69 Å². The maximum absolute atomic E-state index is 12.8. The summed E-state index contributed by atoms with van der Waals surface area (Å²) in [5, 5.41) is 13.4. The summed E-state index contributed by atoms with van der Waals surface area (Å²) in [7, 11) is -2.35. The van der Waals surface area contributed by atoms with E-state index in [0.717, 1.165) is 39.9 Å².